The molecule has 1 aromatic carbocycles. The second kappa shape index (κ2) is 8.16. The standard InChI is InChI=1S/C16H23ClN2O2.ClH/c1-16(2,8-11-4-3-5-12(17)6-11)10-19-15(21)14-7-13(20)9-18-14;/h3-6,13-14,18,20H,7-10H2,1-2H3,(H,19,21);1H. The van der Waals surface area contributed by atoms with Gasteiger partial charge in [0.2, 0.25) is 5.91 Å². The second-order valence-corrected chi connectivity index (χ2v) is 6.98. The van der Waals surface area contributed by atoms with Gasteiger partial charge in [0.1, 0.15) is 0 Å². The summed E-state index contributed by atoms with van der Waals surface area (Å²) in [5.41, 5.74) is 1.11. The highest BCUT2D eigenvalue weighted by atomic mass is 35.5. The Hall–Kier alpha value is -0.810. The first-order chi connectivity index (χ1) is 9.85. The first-order valence-corrected chi connectivity index (χ1v) is 7.67. The van der Waals surface area contributed by atoms with Crippen LogP contribution in [0.2, 0.25) is 5.02 Å². The van der Waals surface area contributed by atoms with Crippen LogP contribution in [0.5, 0.6) is 0 Å². The van der Waals surface area contributed by atoms with Gasteiger partial charge in [-0.2, -0.15) is 0 Å². The maximum atomic E-state index is 12.0. The highest BCUT2D eigenvalue weighted by Crippen LogP contribution is 2.23. The Bertz CT molecular complexity index is 509. The monoisotopic (exact) mass is 346 g/mol. The number of aliphatic hydroxyl groups excluding tert-OH is 1. The molecule has 1 aromatic rings. The molecule has 1 amide bonds. The van der Waals surface area contributed by atoms with Crippen LogP contribution in [0.4, 0.5) is 0 Å². The molecular formula is C16H24Cl2N2O2. The topological polar surface area (TPSA) is 61.4 Å². The molecule has 1 saturated heterocycles. The number of rotatable bonds is 5. The van der Waals surface area contributed by atoms with Gasteiger partial charge in [0.05, 0.1) is 12.1 Å². The molecule has 1 aliphatic rings. The summed E-state index contributed by atoms with van der Waals surface area (Å²) < 4.78 is 0. The average molecular weight is 347 g/mol. The van der Waals surface area contributed by atoms with E-state index in [1.54, 1.807) is 0 Å². The maximum absolute atomic E-state index is 12.0. The van der Waals surface area contributed by atoms with Crippen LogP contribution in [-0.4, -0.2) is 36.2 Å². The molecule has 0 radical (unpaired) electrons. The molecule has 1 heterocycles. The molecule has 22 heavy (non-hydrogen) atoms. The van der Waals surface area contributed by atoms with Crippen molar-refractivity contribution in [3.05, 3.63) is 34.9 Å². The SMILES string of the molecule is CC(C)(CNC(=O)C1CC(O)CN1)Cc1cccc(Cl)c1.Cl. The summed E-state index contributed by atoms with van der Waals surface area (Å²) in [6, 6.07) is 7.53. The maximum Gasteiger partial charge on any atom is 0.237 e. The van der Waals surface area contributed by atoms with Crippen LogP contribution < -0.4 is 10.6 Å². The average Bonchev–Trinajstić information content (AvgIpc) is 2.82. The molecule has 4 nitrogen and oxygen atoms in total. The van der Waals surface area contributed by atoms with Crippen LogP contribution in [-0.2, 0) is 11.2 Å². The Morgan fingerprint density at radius 1 is 1.50 bits per heavy atom. The Labute approximate surface area is 143 Å². The Morgan fingerprint density at radius 3 is 2.82 bits per heavy atom. The number of amides is 1. The molecule has 0 spiro atoms. The summed E-state index contributed by atoms with van der Waals surface area (Å²) in [5.74, 6) is -0.0364. The van der Waals surface area contributed by atoms with Crippen LogP contribution >= 0.6 is 24.0 Å². The van der Waals surface area contributed by atoms with Crippen molar-refractivity contribution in [3.8, 4) is 0 Å². The summed E-state index contributed by atoms with van der Waals surface area (Å²) in [4.78, 5) is 12.0. The van der Waals surface area contributed by atoms with E-state index in [2.05, 4.69) is 24.5 Å². The number of hydrogen-bond acceptors (Lipinski definition) is 3. The largest absolute Gasteiger partial charge is 0.392 e. The van der Waals surface area contributed by atoms with Crippen molar-refractivity contribution >= 4 is 29.9 Å². The third kappa shape index (κ3) is 5.76. The number of nitrogens with one attached hydrogen (secondary N) is 2. The summed E-state index contributed by atoms with van der Waals surface area (Å²) in [6.07, 6.45) is 0.912. The quantitative estimate of drug-likeness (QED) is 0.765. The number of carbonyl (C=O) groups excluding carboxylic acids is 1. The molecule has 3 N–H and O–H groups in total. The van der Waals surface area contributed by atoms with Crippen molar-refractivity contribution < 1.29 is 9.90 Å². The van der Waals surface area contributed by atoms with Gasteiger partial charge in [-0.3, -0.25) is 4.79 Å². The van der Waals surface area contributed by atoms with Crippen LogP contribution in [0.1, 0.15) is 25.8 Å². The van der Waals surface area contributed by atoms with Crippen molar-refractivity contribution in [1.29, 1.82) is 0 Å². The van der Waals surface area contributed by atoms with Gasteiger partial charge in [-0.1, -0.05) is 37.6 Å². The molecule has 124 valence electrons. The Morgan fingerprint density at radius 2 is 2.23 bits per heavy atom. The van der Waals surface area contributed by atoms with Crippen LogP contribution in [0, 0.1) is 5.41 Å². The predicted molar refractivity (Wildman–Crippen MR) is 91.6 cm³/mol. The molecule has 0 saturated carbocycles. The minimum absolute atomic E-state index is 0. The number of β-amino-alcohol motifs (C(OH)–C–C–N with tert-alkyl or cyclic N) is 1. The lowest BCUT2D eigenvalue weighted by molar-refractivity contribution is -0.123. The molecule has 6 heteroatoms. The van der Waals surface area contributed by atoms with Crippen molar-refractivity contribution in [3.63, 3.8) is 0 Å². The van der Waals surface area contributed by atoms with E-state index in [-0.39, 0.29) is 29.8 Å². The Kier molecular flexibility index (Phi) is 7.13. The highest BCUT2D eigenvalue weighted by molar-refractivity contribution is 6.30. The third-order valence-electron chi connectivity index (χ3n) is 3.74. The van der Waals surface area contributed by atoms with Gasteiger partial charge in [-0.15, -0.1) is 12.4 Å². The molecule has 0 aliphatic carbocycles. The number of aliphatic hydroxyl groups is 1. The predicted octanol–water partition coefficient (Wildman–Crippen LogP) is 2.17. The van der Waals surface area contributed by atoms with E-state index in [4.69, 9.17) is 11.6 Å². The summed E-state index contributed by atoms with van der Waals surface area (Å²) in [6.45, 7) is 5.31. The molecule has 1 aliphatic heterocycles. The second-order valence-electron chi connectivity index (χ2n) is 6.54. The first-order valence-electron chi connectivity index (χ1n) is 7.29. The van der Waals surface area contributed by atoms with Gasteiger partial charge in [0.25, 0.3) is 0 Å². The number of halogens is 2. The van der Waals surface area contributed by atoms with Crippen molar-refractivity contribution in [2.24, 2.45) is 5.41 Å². The van der Waals surface area contributed by atoms with Gasteiger partial charge in [0, 0.05) is 18.1 Å². The lowest BCUT2D eigenvalue weighted by Crippen LogP contribution is -2.44. The highest BCUT2D eigenvalue weighted by Gasteiger charge is 2.29. The third-order valence-corrected chi connectivity index (χ3v) is 3.97. The summed E-state index contributed by atoms with van der Waals surface area (Å²) in [7, 11) is 0. The zero-order valence-electron chi connectivity index (χ0n) is 12.9. The minimum atomic E-state index is -0.416. The van der Waals surface area contributed by atoms with Gasteiger partial charge >= 0.3 is 0 Å². The van der Waals surface area contributed by atoms with E-state index in [1.807, 2.05) is 24.3 Å². The van der Waals surface area contributed by atoms with E-state index in [1.165, 1.54) is 0 Å². The minimum Gasteiger partial charge on any atom is -0.392 e. The summed E-state index contributed by atoms with van der Waals surface area (Å²) in [5, 5.41) is 16.2. The molecule has 2 rings (SSSR count). The van der Waals surface area contributed by atoms with E-state index in [0.717, 1.165) is 17.0 Å². The van der Waals surface area contributed by atoms with Crippen LogP contribution in [0.3, 0.4) is 0 Å². The van der Waals surface area contributed by atoms with E-state index in [9.17, 15) is 9.90 Å². The smallest absolute Gasteiger partial charge is 0.237 e. The molecule has 2 unspecified atom stereocenters. The fourth-order valence-electron chi connectivity index (χ4n) is 2.63. The van der Waals surface area contributed by atoms with Crippen molar-refractivity contribution in [2.45, 2.75) is 38.8 Å². The van der Waals surface area contributed by atoms with Gasteiger partial charge in [0.15, 0.2) is 0 Å². The van der Waals surface area contributed by atoms with Gasteiger partial charge < -0.3 is 15.7 Å². The number of hydrogen-bond donors (Lipinski definition) is 3. The number of benzene rings is 1. The van der Waals surface area contributed by atoms with Crippen molar-refractivity contribution in [1.82, 2.24) is 10.6 Å². The normalized spacial score (nSPS) is 21.3. The molecule has 0 bridgehead atoms. The van der Waals surface area contributed by atoms with E-state index < -0.39 is 6.10 Å². The van der Waals surface area contributed by atoms with Crippen molar-refractivity contribution in [2.75, 3.05) is 13.1 Å². The molecule has 0 aromatic heterocycles. The number of carbonyl (C=O) groups is 1. The first kappa shape index (κ1) is 19.2. The lowest BCUT2D eigenvalue weighted by atomic mass is 9.85. The van der Waals surface area contributed by atoms with Gasteiger partial charge in [-0.05, 0) is 36.0 Å². The fourth-order valence-corrected chi connectivity index (χ4v) is 2.84. The lowest BCUT2D eigenvalue weighted by Gasteiger charge is -2.26. The molecule has 2 atom stereocenters. The summed E-state index contributed by atoms with van der Waals surface area (Å²) >= 11 is 6.00. The molecular weight excluding hydrogens is 323 g/mol. The van der Waals surface area contributed by atoms with E-state index in [0.29, 0.717) is 19.5 Å². The zero-order valence-corrected chi connectivity index (χ0v) is 14.5. The van der Waals surface area contributed by atoms with Crippen LogP contribution in [0.25, 0.3) is 0 Å². The zero-order chi connectivity index (χ0) is 15.5. The van der Waals surface area contributed by atoms with E-state index >= 15 is 0 Å². The van der Waals surface area contributed by atoms with Crippen LogP contribution in [0.15, 0.2) is 24.3 Å². The molecule has 1 fully saturated rings. The fraction of sp³-hybridized carbons (Fsp3) is 0.562. The Balaban J connectivity index is 0.00000242. The van der Waals surface area contributed by atoms with Gasteiger partial charge in [-0.25, -0.2) is 0 Å².